The van der Waals surface area contributed by atoms with Gasteiger partial charge in [0.1, 0.15) is 5.58 Å². The number of fused-ring (bicyclic) bond motifs is 4. The molecule has 1 aromatic carbocycles. The molecule has 5 nitrogen and oxygen atoms in total. The van der Waals surface area contributed by atoms with Crippen LogP contribution in [0.5, 0.6) is 0 Å². The second kappa shape index (κ2) is 4.28. The summed E-state index contributed by atoms with van der Waals surface area (Å²) in [5, 5.41) is 11.6. The minimum Gasteiger partial charge on any atom is -0.481 e. The van der Waals surface area contributed by atoms with Gasteiger partial charge in [-0.3, -0.25) is 9.78 Å². The summed E-state index contributed by atoms with van der Waals surface area (Å²) in [6, 6.07) is 9.39. The number of pyridine rings is 1. The second-order valence-electron chi connectivity index (χ2n) is 4.87. The third kappa shape index (κ3) is 1.82. The molecule has 3 heterocycles. The van der Waals surface area contributed by atoms with E-state index < -0.39 is 5.97 Å². The van der Waals surface area contributed by atoms with Gasteiger partial charge in [-0.05, 0) is 35.9 Å². The highest BCUT2D eigenvalue weighted by Crippen LogP contribution is 2.31. The van der Waals surface area contributed by atoms with Crippen molar-refractivity contribution in [1.82, 2.24) is 9.97 Å². The quantitative estimate of drug-likeness (QED) is 0.570. The van der Waals surface area contributed by atoms with Crippen molar-refractivity contribution in [1.29, 1.82) is 0 Å². The normalized spacial score (nSPS) is 11.4. The number of aromatic nitrogens is 2. The minimum atomic E-state index is -0.874. The third-order valence-electron chi connectivity index (χ3n) is 3.51. The standard InChI is InChI=1S/C16H10N2O3/c19-14(20)7-10-8-18-12-3-4-13-11(15(10)12)6-9-2-1-5-17-16(9)21-13/h1-6,8H,7H2,(H,19,20). The lowest BCUT2D eigenvalue weighted by Gasteiger charge is -2.03. The lowest BCUT2D eigenvalue weighted by Crippen LogP contribution is -1.99. The Balaban J connectivity index is 2.13. The smallest absolute Gasteiger partial charge is 0.307 e. The molecule has 0 atom stereocenters. The van der Waals surface area contributed by atoms with E-state index in [1.54, 1.807) is 12.4 Å². The van der Waals surface area contributed by atoms with Gasteiger partial charge in [-0.1, -0.05) is 0 Å². The van der Waals surface area contributed by atoms with Crippen molar-refractivity contribution in [2.75, 3.05) is 0 Å². The Morgan fingerprint density at radius 1 is 1.24 bits per heavy atom. The Morgan fingerprint density at radius 3 is 3.00 bits per heavy atom. The Bertz CT molecular complexity index is 1000. The Kier molecular flexibility index (Phi) is 2.41. The number of hydrogen-bond acceptors (Lipinski definition) is 4. The lowest BCUT2D eigenvalue weighted by molar-refractivity contribution is -0.136. The number of rotatable bonds is 2. The van der Waals surface area contributed by atoms with Crippen LogP contribution in [0, 0.1) is 0 Å². The molecule has 3 aromatic heterocycles. The maximum atomic E-state index is 11.0. The molecule has 0 amide bonds. The lowest BCUT2D eigenvalue weighted by atomic mass is 10.0. The van der Waals surface area contributed by atoms with E-state index in [-0.39, 0.29) is 6.42 Å². The predicted molar refractivity (Wildman–Crippen MR) is 78.2 cm³/mol. The van der Waals surface area contributed by atoms with Gasteiger partial charge in [0.2, 0.25) is 5.71 Å². The fraction of sp³-hybridized carbons (Fsp3) is 0.0625. The molecule has 0 spiro atoms. The Hall–Kier alpha value is -2.95. The van der Waals surface area contributed by atoms with Crippen molar-refractivity contribution in [3.8, 4) is 0 Å². The van der Waals surface area contributed by atoms with Gasteiger partial charge >= 0.3 is 5.97 Å². The molecular weight excluding hydrogens is 268 g/mol. The molecule has 0 aliphatic rings. The van der Waals surface area contributed by atoms with Gasteiger partial charge < -0.3 is 9.52 Å². The fourth-order valence-electron chi connectivity index (χ4n) is 2.63. The molecule has 0 radical (unpaired) electrons. The fourth-order valence-corrected chi connectivity index (χ4v) is 2.63. The number of carboxylic acid groups (broad SMARTS) is 1. The highest BCUT2D eigenvalue weighted by Gasteiger charge is 2.13. The van der Waals surface area contributed by atoms with Crippen LogP contribution in [0.1, 0.15) is 5.56 Å². The van der Waals surface area contributed by atoms with Crippen LogP contribution in [0.3, 0.4) is 0 Å². The van der Waals surface area contributed by atoms with Crippen molar-refractivity contribution in [3.63, 3.8) is 0 Å². The molecule has 21 heavy (non-hydrogen) atoms. The monoisotopic (exact) mass is 278 g/mol. The van der Waals surface area contributed by atoms with E-state index in [1.807, 2.05) is 30.3 Å². The predicted octanol–water partition coefficient (Wildman–Crippen LogP) is 3.16. The molecule has 5 heteroatoms. The van der Waals surface area contributed by atoms with Crippen molar-refractivity contribution >= 4 is 38.9 Å². The molecule has 4 aromatic rings. The molecule has 0 saturated heterocycles. The first-order valence-electron chi connectivity index (χ1n) is 6.49. The van der Waals surface area contributed by atoms with Gasteiger partial charge in [0.05, 0.1) is 11.9 Å². The highest BCUT2D eigenvalue weighted by atomic mass is 16.4. The molecule has 0 fully saturated rings. The SMILES string of the molecule is O=C(O)Cc1cnc2ccc3oc4ncccc4cc3c12. The third-order valence-corrected chi connectivity index (χ3v) is 3.51. The van der Waals surface area contributed by atoms with E-state index in [9.17, 15) is 4.79 Å². The van der Waals surface area contributed by atoms with Crippen LogP contribution >= 0.6 is 0 Å². The van der Waals surface area contributed by atoms with Gasteiger partial charge in [0, 0.05) is 28.6 Å². The van der Waals surface area contributed by atoms with Crippen LogP contribution in [-0.4, -0.2) is 21.0 Å². The average Bonchev–Trinajstić information content (AvgIpc) is 2.88. The first-order chi connectivity index (χ1) is 10.2. The number of hydrogen-bond donors (Lipinski definition) is 1. The van der Waals surface area contributed by atoms with E-state index >= 15 is 0 Å². The summed E-state index contributed by atoms with van der Waals surface area (Å²) in [5.41, 5.74) is 2.70. The molecule has 0 unspecified atom stereocenters. The van der Waals surface area contributed by atoms with E-state index in [4.69, 9.17) is 9.52 Å². The van der Waals surface area contributed by atoms with E-state index in [2.05, 4.69) is 9.97 Å². The van der Waals surface area contributed by atoms with Gasteiger partial charge in [-0.25, -0.2) is 4.98 Å². The van der Waals surface area contributed by atoms with Crippen molar-refractivity contribution < 1.29 is 14.3 Å². The summed E-state index contributed by atoms with van der Waals surface area (Å²) >= 11 is 0. The van der Waals surface area contributed by atoms with Gasteiger partial charge in [0.15, 0.2) is 0 Å². The first kappa shape index (κ1) is 11.8. The second-order valence-corrected chi connectivity index (χ2v) is 4.87. The zero-order valence-corrected chi connectivity index (χ0v) is 10.9. The zero-order valence-electron chi connectivity index (χ0n) is 10.9. The zero-order chi connectivity index (χ0) is 14.4. The molecule has 0 aliphatic carbocycles. The molecule has 4 rings (SSSR count). The van der Waals surface area contributed by atoms with Gasteiger partial charge in [-0.2, -0.15) is 0 Å². The summed E-state index contributed by atoms with van der Waals surface area (Å²) in [4.78, 5) is 19.5. The van der Waals surface area contributed by atoms with Crippen LogP contribution in [0.2, 0.25) is 0 Å². The van der Waals surface area contributed by atoms with Gasteiger partial charge in [-0.15, -0.1) is 0 Å². The van der Waals surface area contributed by atoms with Crippen molar-refractivity contribution in [3.05, 3.63) is 48.3 Å². The molecule has 1 N–H and O–H groups in total. The molecular formula is C16H10N2O3. The number of nitrogens with zero attached hydrogens (tertiary/aromatic N) is 2. The summed E-state index contributed by atoms with van der Waals surface area (Å²) in [6.07, 6.45) is 3.24. The van der Waals surface area contributed by atoms with Crippen LogP contribution in [0.25, 0.3) is 33.0 Å². The van der Waals surface area contributed by atoms with Crippen LogP contribution in [-0.2, 0) is 11.2 Å². The number of benzene rings is 1. The van der Waals surface area contributed by atoms with E-state index in [0.717, 1.165) is 21.7 Å². The number of aliphatic carboxylic acids is 1. The summed E-state index contributed by atoms with van der Waals surface area (Å²) in [7, 11) is 0. The molecule has 102 valence electrons. The first-order valence-corrected chi connectivity index (χ1v) is 6.49. The summed E-state index contributed by atoms with van der Waals surface area (Å²) in [5.74, 6) is -0.874. The molecule has 0 bridgehead atoms. The minimum absolute atomic E-state index is 0.0549. The largest absolute Gasteiger partial charge is 0.481 e. The van der Waals surface area contributed by atoms with E-state index in [0.29, 0.717) is 16.9 Å². The number of carbonyl (C=O) groups is 1. The Morgan fingerprint density at radius 2 is 2.14 bits per heavy atom. The van der Waals surface area contributed by atoms with Crippen LogP contribution in [0.15, 0.2) is 47.1 Å². The molecule has 0 saturated carbocycles. The summed E-state index contributed by atoms with van der Waals surface area (Å²) in [6.45, 7) is 0. The van der Waals surface area contributed by atoms with Crippen LogP contribution < -0.4 is 0 Å². The maximum absolute atomic E-state index is 11.0. The summed E-state index contributed by atoms with van der Waals surface area (Å²) < 4.78 is 5.80. The average molecular weight is 278 g/mol. The maximum Gasteiger partial charge on any atom is 0.307 e. The highest BCUT2D eigenvalue weighted by molar-refractivity contribution is 6.09. The van der Waals surface area contributed by atoms with Gasteiger partial charge in [0.25, 0.3) is 0 Å². The molecule has 0 aliphatic heterocycles. The van der Waals surface area contributed by atoms with E-state index in [1.165, 1.54) is 0 Å². The topological polar surface area (TPSA) is 76.2 Å². The Labute approximate surface area is 118 Å². The van der Waals surface area contributed by atoms with Crippen molar-refractivity contribution in [2.45, 2.75) is 6.42 Å². The van der Waals surface area contributed by atoms with Crippen LogP contribution in [0.4, 0.5) is 0 Å². The van der Waals surface area contributed by atoms with Crippen molar-refractivity contribution in [2.24, 2.45) is 0 Å². The number of carboxylic acids is 1.